The number of methoxy groups -OCH3 is 1. The van der Waals surface area contributed by atoms with E-state index in [1.54, 1.807) is 25.1 Å². The summed E-state index contributed by atoms with van der Waals surface area (Å²) >= 11 is 0. The van der Waals surface area contributed by atoms with Crippen LogP contribution in [-0.4, -0.2) is 61.8 Å². The van der Waals surface area contributed by atoms with Crippen molar-refractivity contribution in [1.82, 2.24) is 10.5 Å². The molecule has 0 saturated carbocycles. The fourth-order valence-electron chi connectivity index (χ4n) is 3.44. The van der Waals surface area contributed by atoms with Crippen molar-refractivity contribution in [3.8, 4) is 0 Å². The van der Waals surface area contributed by atoms with Gasteiger partial charge < -0.3 is 29.5 Å². The van der Waals surface area contributed by atoms with Gasteiger partial charge in [0.15, 0.2) is 5.82 Å². The van der Waals surface area contributed by atoms with Gasteiger partial charge in [-0.05, 0) is 44.0 Å². The fourth-order valence-corrected chi connectivity index (χ4v) is 3.44. The number of amides is 3. The van der Waals surface area contributed by atoms with Gasteiger partial charge in [-0.2, -0.15) is 0 Å². The van der Waals surface area contributed by atoms with E-state index in [2.05, 4.69) is 15.8 Å². The van der Waals surface area contributed by atoms with Crippen LogP contribution in [0.2, 0.25) is 0 Å². The van der Waals surface area contributed by atoms with Crippen LogP contribution in [0.25, 0.3) is 0 Å². The third-order valence-corrected chi connectivity index (χ3v) is 5.22. The van der Waals surface area contributed by atoms with Crippen molar-refractivity contribution in [2.24, 2.45) is 0 Å². The highest BCUT2D eigenvalue weighted by atomic mass is 16.5. The molecule has 1 atom stereocenters. The van der Waals surface area contributed by atoms with E-state index in [9.17, 15) is 19.2 Å². The van der Waals surface area contributed by atoms with Crippen molar-refractivity contribution in [2.45, 2.75) is 38.7 Å². The Kier molecular flexibility index (Phi) is 8.74. The molecular formula is C23H28N4O7. The Morgan fingerprint density at radius 1 is 1.15 bits per heavy atom. The second-order valence-electron chi connectivity index (χ2n) is 7.83. The van der Waals surface area contributed by atoms with Gasteiger partial charge in [-0.1, -0.05) is 5.16 Å². The Hall–Kier alpha value is -3.73. The lowest BCUT2D eigenvalue weighted by Gasteiger charge is -2.23. The fraction of sp³-hybridized carbons (Fsp3) is 0.435. The molecule has 3 amide bonds. The van der Waals surface area contributed by atoms with Crippen LogP contribution in [0.1, 0.15) is 41.8 Å². The number of rotatable bonds is 10. The van der Waals surface area contributed by atoms with Gasteiger partial charge in [-0.15, -0.1) is 0 Å². The van der Waals surface area contributed by atoms with E-state index in [-0.39, 0.29) is 37.2 Å². The number of nitrogens with zero attached hydrogens (tertiary/aromatic N) is 2. The summed E-state index contributed by atoms with van der Waals surface area (Å²) < 4.78 is 15.1. The number of aryl methyl sites for hydroxylation is 1. The average Bonchev–Trinajstić information content (AvgIpc) is 3.51. The van der Waals surface area contributed by atoms with E-state index in [0.29, 0.717) is 30.2 Å². The van der Waals surface area contributed by atoms with Crippen LogP contribution in [-0.2, 0) is 23.9 Å². The van der Waals surface area contributed by atoms with Crippen LogP contribution >= 0.6 is 0 Å². The molecule has 0 unspecified atom stereocenters. The lowest BCUT2D eigenvalue weighted by atomic mass is 10.1. The number of nitrogens with one attached hydrogen (secondary N) is 2. The van der Waals surface area contributed by atoms with Crippen LogP contribution in [0.3, 0.4) is 0 Å². The van der Waals surface area contributed by atoms with Crippen molar-refractivity contribution in [3.05, 3.63) is 41.7 Å². The molecule has 1 aromatic heterocycles. The summed E-state index contributed by atoms with van der Waals surface area (Å²) in [5.41, 5.74) is 0.723. The standard InChI is InChI=1S/C23H28N4O7/c1-15-12-19(26-34-15)25-20(28)9-10-22(30)27(14-21(29)24-13-18-4-3-11-33-18)17-7-5-16(6-8-17)23(31)32-2/h5-8,12,18H,3-4,9-11,13-14H2,1-2H3,(H,24,29)(H,25,26,28)/t18-/m1/s1. The predicted octanol–water partition coefficient (Wildman–Crippen LogP) is 1.82. The normalized spacial score (nSPS) is 14.9. The van der Waals surface area contributed by atoms with E-state index in [1.165, 1.54) is 24.1 Å². The SMILES string of the molecule is COC(=O)c1ccc(N(CC(=O)NC[C@H]2CCCO2)C(=O)CCC(=O)Nc2cc(C)on2)cc1. The molecular weight excluding hydrogens is 444 g/mol. The number of ether oxygens (including phenoxy) is 2. The molecule has 2 N–H and O–H groups in total. The number of carbonyl (C=O) groups is 4. The van der Waals surface area contributed by atoms with Crippen molar-refractivity contribution in [3.63, 3.8) is 0 Å². The summed E-state index contributed by atoms with van der Waals surface area (Å²) in [6.07, 6.45) is 1.54. The molecule has 2 heterocycles. The largest absolute Gasteiger partial charge is 0.465 e. The summed E-state index contributed by atoms with van der Waals surface area (Å²) in [5.74, 6) is -0.905. The van der Waals surface area contributed by atoms with Gasteiger partial charge in [0.2, 0.25) is 17.7 Å². The Balaban J connectivity index is 1.64. The molecule has 1 aliphatic heterocycles. The minimum Gasteiger partial charge on any atom is -0.465 e. The van der Waals surface area contributed by atoms with Crippen LogP contribution in [0.4, 0.5) is 11.5 Å². The highest BCUT2D eigenvalue weighted by Crippen LogP contribution is 2.18. The quantitative estimate of drug-likeness (QED) is 0.499. The maximum absolute atomic E-state index is 13.0. The molecule has 2 aromatic rings. The number of aromatic nitrogens is 1. The van der Waals surface area contributed by atoms with Crippen LogP contribution in [0.15, 0.2) is 34.9 Å². The molecule has 0 bridgehead atoms. The van der Waals surface area contributed by atoms with E-state index in [1.807, 2.05) is 0 Å². The molecule has 11 heteroatoms. The van der Waals surface area contributed by atoms with Gasteiger partial charge in [0, 0.05) is 37.7 Å². The highest BCUT2D eigenvalue weighted by molar-refractivity contribution is 6.01. The monoisotopic (exact) mass is 472 g/mol. The Morgan fingerprint density at radius 3 is 2.53 bits per heavy atom. The van der Waals surface area contributed by atoms with Crippen LogP contribution < -0.4 is 15.5 Å². The van der Waals surface area contributed by atoms with E-state index in [4.69, 9.17) is 14.0 Å². The lowest BCUT2D eigenvalue weighted by molar-refractivity contribution is -0.125. The molecule has 0 spiro atoms. The first-order valence-electron chi connectivity index (χ1n) is 11.0. The first-order valence-corrected chi connectivity index (χ1v) is 11.0. The summed E-state index contributed by atoms with van der Waals surface area (Å²) in [7, 11) is 1.27. The molecule has 182 valence electrons. The third-order valence-electron chi connectivity index (χ3n) is 5.22. The number of benzene rings is 1. The van der Waals surface area contributed by atoms with E-state index < -0.39 is 17.8 Å². The summed E-state index contributed by atoms with van der Waals surface area (Å²) in [4.78, 5) is 50.7. The van der Waals surface area contributed by atoms with Gasteiger partial charge >= 0.3 is 5.97 Å². The van der Waals surface area contributed by atoms with Gasteiger partial charge in [0.1, 0.15) is 12.3 Å². The third kappa shape index (κ3) is 7.14. The minimum absolute atomic E-state index is 0.0312. The predicted molar refractivity (Wildman–Crippen MR) is 121 cm³/mol. The van der Waals surface area contributed by atoms with Crippen molar-refractivity contribution in [1.29, 1.82) is 0 Å². The van der Waals surface area contributed by atoms with Crippen molar-refractivity contribution in [2.75, 3.05) is 37.0 Å². The molecule has 1 aliphatic rings. The second kappa shape index (κ2) is 11.9. The van der Waals surface area contributed by atoms with Gasteiger partial charge in [0.25, 0.3) is 0 Å². The maximum Gasteiger partial charge on any atom is 0.337 e. The molecule has 0 aliphatic carbocycles. The topological polar surface area (TPSA) is 140 Å². The average molecular weight is 472 g/mol. The molecule has 1 fully saturated rings. The molecule has 34 heavy (non-hydrogen) atoms. The molecule has 11 nitrogen and oxygen atoms in total. The van der Waals surface area contributed by atoms with Crippen LogP contribution in [0.5, 0.6) is 0 Å². The van der Waals surface area contributed by atoms with Crippen molar-refractivity contribution >= 4 is 35.2 Å². The first-order chi connectivity index (χ1) is 16.4. The first kappa shape index (κ1) is 24.9. The summed E-state index contributed by atoms with van der Waals surface area (Å²) in [5, 5.41) is 9.03. The zero-order valence-corrected chi connectivity index (χ0v) is 19.2. The minimum atomic E-state index is -0.515. The second-order valence-corrected chi connectivity index (χ2v) is 7.83. The van der Waals surface area contributed by atoms with Gasteiger partial charge in [-0.25, -0.2) is 4.79 Å². The summed E-state index contributed by atoms with van der Waals surface area (Å²) in [6, 6.07) is 7.68. The van der Waals surface area contributed by atoms with Gasteiger partial charge in [0.05, 0.1) is 18.8 Å². The smallest absolute Gasteiger partial charge is 0.337 e. The molecule has 0 radical (unpaired) electrons. The lowest BCUT2D eigenvalue weighted by Crippen LogP contribution is -2.43. The Morgan fingerprint density at radius 2 is 1.91 bits per heavy atom. The number of carbonyl (C=O) groups excluding carboxylic acids is 4. The Labute approximate surface area is 196 Å². The summed E-state index contributed by atoms with van der Waals surface area (Å²) in [6.45, 7) is 2.49. The van der Waals surface area contributed by atoms with E-state index in [0.717, 1.165) is 12.8 Å². The van der Waals surface area contributed by atoms with Gasteiger partial charge in [-0.3, -0.25) is 14.4 Å². The maximum atomic E-state index is 13.0. The van der Waals surface area contributed by atoms with Crippen molar-refractivity contribution < 1.29 is 33.2 Å². The number of hydrogen-bond donors (Lipinski definition) is 2. The Bertz CT molecular complexity index is 1010. The van der Waals surface area contributed by atoms with Crippen LogP contribution in [0, 0.1) is 6.92 Å². The zero-order chi connectivity index (χ0) is 24.5. The number of hydrogen-bond acceptors (Lipinski definition) is 8. The number of esters is 1. The zero-order valence-electron chi connectivity index (χ0n) is 19.2. The number of anilines is 2. The highest BCUT2D eigenvalue weighted by Gasteiger charge is 2.22. The molecule has 3 rings (SSSR count). The molecule has 1 aromatic carbocycles. The van der Waals surface area contributed by atoms with E-state index >= 15 is 0 Å². The molecule has 1 saturated heterocycles.